The van der Waals surface area contributed by atoms with E-state index in [1.165, 1.54) is 0 Å². The zero-order valence-corrected chi connectivity index (χ0v) is 15.6. The molecule has 1 saturated carbocycles. The van der Waals surface area contributed by atoms with Gasteiger partial charge in [-0.2, -0.15) is 0 Å². The van der Waals surface area contributed by atoms with E-state index in [0.717, 1.165) is 31.2 Å². The summed E-state index contributed by atoms with van der Waals surface area (Å²) in [7, 11) is 0. The number of hydrogen-bond acceptors (Lipinski definition) is 2. The molecular formula is C21H23ClN2O2. The van der Waals surface area contributed by atoms with Crippen LogP contribution in [0.2, 0.25) is 5.02 Å². The maximum absolute atomic E-state index is 12.6. The van der Waals surface area contributed by atoms with Crippen LogP contribution < -0.4 is 10.6 Å². The van der Waals surface area contributed by atoms with Crippen molar-refractivity contribution in [1.29, 1.82) is 0 Å². The molecule has 2 aromatic rings. The summed E-state index contributed by atoms with van der Waals surface area (Å²) in [6.07, 6.45) is 3.74. The topological polar surface area (TPSA) is 58.2 Å². The number of amides is 2. The van der Waals surface area contributed by atoms with Crippen LogP contribution in [0.4, 0.5) is 5.69 Å². The van der Waals surface area contributed by atoms with Crippen molar-refractivity contribution in [1.82, 2.24) is 5.32 Å². The van der Waals surface area contributed by atoms with Crippen molar-refractivity contribution in [2.24, 2.45) is 0 Å². The number of anilines is 1. The molecule has 3 rings (SSSR count). The van der Waals surface area contributed by atoms with Crippen molar-refractivity contribution in [2.75, 3.05) is 11.9 Å². The fourth-order valence-electron chi connectivity index (χ4n) is 3.26. The summed E-state index contributed by atoms with van der Waals surface area (Å²) in [5, 5.41) is 6.50. The highest BCUT2D eigenvalue weighted by atomic mass is 35.5. The van der Waals surface area contributed by atoms with Crippen LogP contribution in [0, 0.1) is 0 Å². The summed E-state index contributed by atoms with van der Waals surface area (Å²) in [5.41, 5.74) is 1.86. The Kier molecular flexibility index (Phi) is 5.62. The molecule has 2 N–H and O–H groups in total. The van der Waals surface area contributed by atoms with Crippen LogP contribution in [0.5, 0.6) is 0 Å². The first-order chi connectivity index (χ1) is 12.5. The predicted octanol–water partition coefficient (Wildman–Crippen LogP) is 4.54. The fourth-order valence-corrected chi connectivity index (χ4v) is 3.39. The first-order valence-corrected chi connectivity index (χ1v) is 9.39. The van der Waals surface area contributed by atoms with Crippen LogP contribution in [0.3, 0.4) is 0 Å². The van der Waals surface area contributed by atoms with Crippen LogP contribution in [0.15, 0.2) is 48.5 Å². The van der Waals surface area contributed by atoms with E-state index in [-0.39, 0.29) is 11.8 Å². The molecule has 0 aromatic heterocycles. The van der Waals surface area contributed by atoms with Crippen molar-refractivity contribution in [2.45, 2.75) is 38.0 Å². The molecular weight excluding hydrogens is 348 g/mol. The van der Waals surface area contributed by atoms with Crippen molar-refractivity contribution >= 4 is 29.1 Å². The molecule has 26 heavy (non-hydrogen) atoms. The summed E-state index contributed by atoms with van der Waals surface area (Å²) < 4.78 is 0. The van der Waals surface area contributed by atoms with Gasteiger partial charge in [0, 0.05) is 22.8 Å². The van der Waals surface area contributed by atoms with Gasteiger partial charge < -0.3 is 10.6 Å². The van der Waals surface area contributed by atoms with E-state index >= 15 is 0 Å². The van der Waals surface area contributed by atoms with Gasteiger partial charge in [0.2, 0.25) is 5.91 Å². The summed E-state index contributed by atoms with van der Waals surface area (Å²) in [4.78, 5) is 24.9. The number of carbonyl (C=O) groups is 2. The fraction of sp³-hybridized carbons (Fsp3) is 0.333. The van der Waals surface area contributed by atoms with Gasteiger partial charge in [0.25, 0.3) is 5.91 Å². The van der Waals surface area contributed by atoms with Crippen molar-refractivity contribution in [3.05, 3.63) is 64.7 Å². The third-order valence-electron chi connectivity index (χ3n) is 4.98. The third-order valence-corrected chi connectivity index (χ3v) is 5.23. The predicted molar refractivity (Wildman–Crippen MR) is 105 cm³/mol. The Morgan fingerprint density at radius 1 is 1.04 bits per heavy atom. The van der Waals surface area contributed by atoms with E-state index in [2.05, 4.69) is 10.6 Å². The average molecular weight is 371 g/mol. The molecule has 0 bridgehead atoms. The van der Waals surface area contributed by atoms with Gasteiger partial charge in [-0.1, -0.05) is 37.1 Å². The lowest BCUT2D eigenvalue weighted by Crippen LogP contribution is -2.49. The standard InChI is InChI=1S/C21H23ClN2O2/c1-2-14-23-20(26)21(12-3-13-21)16-6-10-18(11-7-16)24-19(25)15-4-8-17(22)9-5-15/h4-11H,2-3,12-14H2,1H3,(H,23,26)(H,24,25). The molecule has 0 heterocycles. The quantitative estimate of drug-likeness (QED) is 0.784. The molecule has 0 unspecified atom stereocenters. The molecule has 1 aliphatic carbocycles. The minimum absolute atomic E-state index is 0.114. The van der Waals surface area contributed by atoms with Gasteiger partial charge in [-0.05, 0) is 61.2 Å². The number of hydrogen-bond donors (Lipinski definition) is 2. The summed E-state index contributed by atoms with van der Waals surface area (Å²) in [6.45, 7) is 2.75. The molecule has 0 radical (unpaired) electrons. The van der Waals surface area contributed by atoms with Gasteiger partial charge in [-0.25, -0.2) is 0 Å². The van der Waals surface area contributed by atoms with Crippen LogP contribution in [-0.2, 0) is 10.2 Å². The van der Waals surface area contributed by atoms with E-state index in [1.54, 1.807) is 24.3 Å². The third kappa shape index (κ3) is 3.75. The van der Waals surface area contributed by atoms with E-state index in [1.807, 2.05) is 31.2 Å². The highest BCUT2D eigenvalue weighted by Crippen LogP contribution is 2.44. The Labute approximate surface area is 158 Å². The molecule has 0 spiro atoms. The monoisotopic (exact) mass is 370 g/mol. The first-order valence-electron chi connectivity index (χ1n) is 9.01. The van der Waals surface area contributed by atoms with Crippen molar-refractivity contribution < 1.29 is 9.59 Å². The van der Waals surface area contributed by atoms with Crippen LogP contribution in [0.25, 0.3) is 0 Å². The van der Waals surface area contributed by atoms with E-state index in [9.17, 15) is 9.59 Å². The molecule has 1 fully saturated rings. The summed E-state index contributed by atoms with van der Waals surface area (Å²) in [6, 6.07) is 14.4. The van der Waals surface area contributed by atoms with Gasteiger partial charge in [0.15, 0.2) is 0 Å². The second-order valence-corrected chi connectivity index (χ2v) is 7.17. The Bertz CT molecular complexity index is 781. The lowest BCUT2D eigenvalue weighted by Gasteiger charge is -2.40. The van der Waals surface area contributed by atoms with Crippen molar-refractivity contribution in [3.63, 3.8) is 0 Å². The van der Waals surface area contributed by atoms with Gasteiger partial charge in [-0.15, -0.1) is 0 Å². The number of carbonyl (C=O) groups excluding carboxylic acids is 2. The highest BCUT2D eigenvalue weighted by molar-refractivity contribution is 6.30. The molecule has 5 heteroatoms. The minimum atomic E-state index is -0.409. The van der Waals surface area contributed by atoms with Gasteiger partial charge in [0.05, 0.1) is 5.41 Å². The molecule has 2 aromatic carbocycles. The number of rotatable bonds is 6. The van der Waals surface area contributed by atoms with E-state index in [0.29, 0.717) is 22.8 Å². The number of halogens is 1. The van der Waals surface area contributed by atoms with Gasteiger partial charge in [-0.3, -0.25) is 9.59 Å². The number of nitrogens with one attached hydrogen (secondary N) is 2. The van der Waals surface area contributed by atoms with Gasteiger partial charge in [0.1, 0.15) is 0 Å². The maximum atomic E-state index is 12.6. The van der Waals surface area contributed by atoms with Gasteiger partial charge >= 0.3 is 0 Å². The Morgan fingerprint density at radius 2 is 1.69 bits per heavy atom. The number of benzene rings is 2. The second-order valence-electron chi connectivity index (χ2n) is 6.73. The normalized spacial score (nSPS) is 15.0. The van der Waals surface area contributed by atoms with Crippen LogP contribution in [-0.4, -0.2) is 18.4 Å². The SMILES string of the molecule is CCCNC(=O)C1(c2ccc(NC(=O)c3ccc(Cl)cc3)cc2)CCC1. The molecule has 0 aliphatic heterocycles. The van der Waals surface area contributed by atoms with Crippen LogP contribution >= 0.6 is 11.6 Å². The lowest BCUT2D eigenvalue weighted by molar-refractivity contribution is -0.129. The molecule has 2 amide bonds. The molecule has 1 aliphatic rings. The maximum Gasteiger partial charge on any atom is 0.255 e. The minimum Gasteiger partial charge on any atom is -0.355 e. The van der Waals surface area contributed by atoms with E-state index in [4.69, 9.17) is 11.6 Å². The average Bonchev–Trinajstić information content (AvgIpc) is 2.61. The van der Waals surface area contributed by atoms with Crippen LogP contribution in [0.1, 0.15) is 48.5 Å². The zero-order valence-electron chi connectivity index (χ0n) is 14.8. The lowest BCUT2D eigenvalue weighted by atomic mass is 9.64. The van der Waals surface area contributed by atoms with E-state index < -0.39 is 5.41 Å². The Morgan fingerprint density at radius 3 is 2.23 bits per heavy atom. The summed E-state index contributed by atoms with van der Waals surface area (Å²) in [5.74, 6) is -0.0722. The second kappa shape index (κ2) is 7.92. The Hall–Kier alpha value is -2.33. The largest absolute Gasteiger partial charge is 0.355 e. The first kappa shape index (κ1) is 18.5. The molecule has 4 nitrogen and oxygen atoms in total. The summed E-state index contributed by atoms with van der Waals surface area (Å²) >= 11 is 5.85. The smallest absolute Gasteiger partial charge is 0.255 e. The molecule has 136 valence electrons. The molecule has 0 saturated heterocycles. The Balaban J connectivity index is 1.70. The van der Waals surface area contributed by atoms with Crippen molar-refractivity contribution in [3.8, 4) is 0 Å². The zero-order chi connectivity index (χ0) is 18.6. The molecule has 0 atom stereocenters. The highest BCUT2D eigenvalue weighted by Gasteiger charge is 2.45.